The molecule has 3 rings (SSSR count). The molecular formula is C15H18N2O. The lowest BCUT2D eigenvalue weighted by molar-refractivity contribution is 0.830. The number of anilines is 1. The van der Waals surface area contributed by atoms with Crippen LogP contribution in [0.3, 0.4) is 0 Å². The molecule has 0 radical (unpaired) electrons. The molecule has 0 saturated heterocycles. The first-order chi connectivity index (χ1) is 8.65. The zero-order valence-corrected chi connectivity index (χ0v) is 10.8. The highest BCUT2D eigenvalue weighted by molar-refractivity contribution is 5.85. The molecule has 0 spiro atoms. The summed E-state index contributed by atoms with van der Waals surface area (Å²) >= 11 is 0. The molecule has 0 unspecified atom stereocenters. The second-order valence-corrected chi connectivity index (χ2v) is 5.34. The molecule has 1 aromatic heterocycles. The number of rotatable bonds is 1. The van der Waals surface area contributed by atoms with E-state index in [0.717, 1.165) is 35.9 Å². The summed E-state index contributed by atoms with van der Waals surface area (Å²) in [4.78, 5) is 15.0. The zero-order chi connectivity index (χ0) is 12.7. The van der Waals surface area contributed by atoms with Crippen LogP contribution in [0.2, 0.25) is 0 Å². The van der Waals surface area contributed by atoms with Crippen LogP contribution in [0.15, 0.2) is 23.0 Å². The number of hydrogen-bond acceptors (Lipinski definition) is 2. The number of hydrogen-bond donors (Lipinski definition) is 2. The van der Waals surface area contributed by atoms with E-state index in [1.807, 2.05) is 19.9 Å². The first kappa shape index (κ1) is 11.3. The molecule has 1 aliphatic rings. The molecular weight excluding hydrogens is 224 g/mol. The van der Waals surface area contributed by atoms with Gasteiger partial charge in [-0.15, -0.1) is 0 Å². The number of H-pyrrole nitrogens is 1. The van der Waals surface area contributed by atoms with Gasteiger partial charge < -0.3 is 10.3 Å². The van der Waals surface area contributed by atoms with Crippen molar-refractivity contribution < 1.29 is 0 Å². The van der Waals surface area contributed by atoms with Gasteiger partial charge in [-0.05, 0) is 42.5 Å². The van der Waals surface area contributed by atoms with Crippen molar-refractivity contribution in [2.75, 3.05) is 11.9 Å². The van der Waals surface area contributed by atoms with Crippen molar-refractivity contribution >= 4 is 16.6 Å². The number of fused-ring (bicyclic) bond motifs is 2. The van der Waals surface area contributed by atoms with Gasteiger partial charge in [0.2, 0.25) is 0 Å². The summed E-state index contributed by atoms with van der Waals surface area (Å²) in [7, 11) is 0. The van der Waals surface area contributed by atoms with Gasteiger partial charge in [-0.2, -0.15) is 0 Å². The highest BCUT2D eigenvalue weighted by Crippen LogP contribution is 2.27. The Hall–Kier alpha value is -1.77. The van der Waals surface area contributed by atoms with E-state index in [4.69, 9.17) is 0 Å². The first-order valence-electron chi connectivity index (χ1n) is 6.59. The van der Waals surface area contributed by atoms with E-state index < -0.39 is 0 Å². The second kappa shape index (κ2) is 4.16. The fraction of sp³-hybridized carbons (Fsp3) is 0.400. The van der Waals surface area contributed by atoms with Crippen LogP contribution in [0.5, 0.6) is 0 Å². The Bertz CT molecular complexity index is 655. The van der Waals surface area contributed by atoms with Crippen molar-refractivity contribution in [3.8, 4) is 0 Å². The lowest BCUT2D eigenvalue weighted by Crippen LogP contribution is -2.15. The van der Waals surface area contributed by atoms with E-state index in [1.54, 1.807) is 0 Å². The maximum atomic E-state index is 12.0. The molecule has 2 aromatic rings. The lowest BCUT2D eigenvalue weighted by Gasteiger charge is -2.19. The number of aryl methyl sites for hydroxylation is 1. The standard InChI is InChI=1S/C15H18N2O/c1-9(2)12-6-11-8-13-10(4-3-5-16-13)7-14(11)17-15(12)18/h6-9,16H,3-5H2,1-2H3,(H,17,18). The van der Waals surface area contributed by atoms with Crippen molar-refractivity contribution in [2.24, 2.45) is 0 Å². The molecule has 94 valence electrons. The number of nitrogens with one attached hydrogen (secondary N) is 2. The van der Waals surface area contributed by atoms with Gasteiger partial charge >= 0.3 is 0 Å². The highest BCUT2D eigenvalue weighted by atomic mass is 16.1. The maximum absolute atomic E-state index is 12.0. The zero-order valence-electron chi connectivity index (χ0n) is 10.8. The summed E-state index contributed by atoms with van der Waals surface area (Å²) in [5.41, 5.74) is 4.38. The minimum Gasteiger partial charge on any atom is -0.385 e. The molecule has 0 atom stereocenters. The molecule has 0 bridgehead atoms. The Balaban J connectivity index is 2.25. The third-order valence-corrected chi connectivity index (χ3v) is 3.66. The minimum atomic E-state index is 0.0428. The molecule has 0 aliphatic carbocycles. The average Bonchev–Trinajstić information content (AvgIpc) is 2.35. The van der Waals surface area contributed by atoms with Crippen molar-refractivity contribution in [3.05, 3.63) is 39.7 Å². The van der Waals surface area contributed by atoms with Gasteiger partial charge in [0.05, 0.1) is 0 Å². The Labute approximate surface area is 106 Å². The van der Waals surface area contributed by atoms with Crippen LogP contribution < -0.4 is 10.9 Å². The average molecular weight is 242 g/mol. The van der Waals surface area contributed by atoms with Gasteiger partial charge in [-0.1, -0.05) is 13.8 Å². The Morgan fingerprint density at radius 1 is 1.22 bits per heavy atom. The fourth-order valence-electron chi connectivity index (χ4n) is 2.62. The number of aromatic amines is 1. The van der Waals surface area contributed by atoms with Crippen LogP contribution in [-0.2, 0) is 6.42 Å². The number of aromatic nitrogens is 1. The predicted octanol–water partition coefficient (Wildman–Crippen LogP) is 3.01. The Kier molecular flexibility index (Phi) is 2.62. The van der Waals surface area contributed by atoms with E-state index in [-0.39, 0.29) is 11.5 Å². The third kappa shape index (κ3) is 1.80. The minimum absolute atomic E-state index is 0.0428. The Morgan fingerprint density at radius 2 is 2.06 bits per heavy atom. The molecule has 1 aliphatic heterocycles. The number of benzene rings is 1. The summed E-state index contributed by atoms with van der Waals surface area (Å²) in [6.45, 7) is 5.14. The van der Waals surface area contributed by atoms with Crippen LogP contribution in [-0.4, -0.2) is 11.5 Å². The van der Waals surface area contributed by atoms with Crippen LogP contribution in [0.1, 0.15) is 37.3 Å². The van der Waals surface area contributed by atoms with Gasteiger partial charge in [0.1, 0.15) is 0 Å². The Morgan fingerprint density at radius 3 is 2.83 bits per heavy atom. The molecule has 1 aromatic carbocycles. The van der Waals surface area contributed by atoms with Crippen molar-refractivity contribution in [1.82, 2.24) is 4.98 Å². The van der Waals surface area contributed by atoms with Crippen molar-refractivity contribution in [3.63, 3.8) is 0 Å². The van der Waals surface area contributed by atoms with Gasteiger partial charge in [0.15, 0.2) is 0 Å². The molecule has 2 heterocycles. The van der Waals surface area contributed by atoms with Crippen LogP contribution in [0.25, 0.3) is 10.9 Å². The summed E-state index contributed by atoms with van der Waals surface area (Å²) < 4.78 is 0. The maximum Gasteiger partial charge on any atom is 0.251 e. The van der Waals surface area contributed by atoms with Crippen LogP contribution >= 0.6 is 0 Å². The largest absolute Gasteiger partial charge is 0.385 e. The van der Waals surface area contributed by atoms with E-state index in [1.165, 1.54) is 11.3 Å². The van der Waals surface area contributed by atoms with E-state index in [2.05, 4.69) is 22.4 Å². The van der Waals surface area contributed by atoms with Crippen molar-refractivity contribution in [1.29, 1.82) is 0 Å². The smallest absolute Gasteiger partial charge is 0.251 e. The van der Waals surface area contributed by atoms with Crippen molar-refractivity contribution in [2.45, 2.75) is 32.6 Å². The molecule has 18 heavy (non-hydrogen) atoms. The number of pyridine rings is 1. The third-order valence-electron chi connectivity index (χ3n) is 3.66. The SMILES string of the molecule is CC(C)c1cc2cc3c(cc2[nH]c1=O)CCCN3. The molecule has 0 fully saturated rings. The summed E-state index contributed by atoms with van der Waals surface area (Å²) in [5, 5.41) is 4.54. The lowest BCUT2D eigenvalue weighted by atomic mass is 9.98. The molecule has 2 N–H and O–H groups in total. The van der Waals surface area contributed by atoms with Crippen LogP contribution in [0.4, 0.5) is 5.69 Å². The predicted molar refractivity (Wildman–Crippen MR) is 75.5 cm³/mol. The fourth-order valence-corrected chi connectivity index (χ4v) is 2.62. The van der Waals surface area contributed by atoms with Crippen LogP contribution in [0, 0.1) is 0 Å². The molecule has 0 amide bonds. The second-order valence-electron chi connectivity index (χ2n) is 5.34. The normalized spacial score (nSPS) is 14.6. The molecule has 3 heteroatoms. The monoisotopic (exact) mass is 242 g/mol. The summed E-state index contributed by atoms with van der Waals surface area (Å²) in [5.74, 6) is 0.252. The van der Waals surface area contributed by atoms with Gasteiger partial charge in [0, 0.05) is 28.7 Å². The van der Waals surface area contributed by atoms with E-state index in [9.17, 15) is 4.79 Å². The van der Waals surface area contributed by atoms with Gasteiger partial charge in [0.25, 0.3) is 5.56 Å². The summed E-state index contributed by atoms with van der Waals surface area (Å²) in [6.07, 6.45) is 2.25. The molecule has 3 nitrogen and oxygen atoms in total. The topological polar surface area (TPSA) is 44.9 Å². The molecule has 0 saturated carbocycles. The van der Waals surface area contributed by atoms with E-state index in [0.29, 0.717) is 0 Å². The first-order valence-corrected chi connectivity index (χ1v) is 6.59. The van der Waals surface area contributed by atoms with E-state index >= 15 is 0 Å². The summed E-state index contributed by atoms with van der Waals surface area (Å²) in [6, 6.07) is 6.30. The highest BCUT2D eigenvalue weighted by Gasteiger charge is 2.12. The quantitative estimate of drug-likeness (QED) is 0.807. The van der Waals surface area contributed by atoms with Gasteiger partial charge in [-0.25, -0.2) is 0 Å². The van der Waals surface area contributed by atoms with Gasteiger partial charge in [-0.3, -0.25) is 4.79 Å².